The molecule has 0 spiro atoms. The molecule has 1 aromatic heterocycles. The second-order valence-corrected chi connectivity index (χ2v) is 4.82. The lowest BCUT2D eigenvalue weighted by atomic mass is 10.0. The first-order valence-corrected chi connectivity index (χ1v) is 6.18. The van der Waals surface area contributed by atoms with Gasteiger partial charge in [-0.25, -0.2) is 9.78 Å². The Morgan fingerprint density at radius 2 is 2.33 bits per heavy atom. The molecular formula is C13H19N3O2. The van der Waals surface area contributed by atoms with E-state index in [0.717, 1.165) is 13.0 Å². The quantitative estimate of drug-likeness (QED) is 0.781. The molecule has 0 atom stereocenters. The molecule has 2 rings (SSSR count). The molecule has 0 unspecified atom stereocenters. The molecule has 98 valence electrons. The maximum absolute atomic E-state index is 11.5. The number of carbonyl (C=O) groups excluding carboxylic acids is 1. The number of nitrogens with one attached hydrogen (secondary N) is 1. The summed E-state index contributed by atoms with van der Waals surface area (Å²) in [5, 5.41) is 3.24. The number of pyridine rings is 1. The molecular weight excluding hydrogens is 230 g/mol. The smallest absolute Gasteiger partial charge is 0.340 e. The fraction of sp³-hybridized carbons (Fsp3) is 0.538. The van der Waals surface area contributed by atoms with E-state index in [-0.39, 0.29) is 0 Å². The Labute approximate surface area is 107 Å². The van der Waals surface area contributed by atoms with Crippen LogP contribution < -0.4 is 11.1 Å². The van der Waals surface area contributed by atoms with E-state index in [1.807, 2.05) is 0 Å². The minimum atomic E-state index is -0.436. The van der Waals surface area contributed by atoms with Crippen LogP contribution in [-0.4, -0.2) is 24.6 Å². The fourth-order valence-electron chi connectivity index (χ4n) is 2.01. The molecule has 0 aromatic carbocycles. The number of esters is 1. The Morgan fingerprint density at radius 1 is 1.61 bits per heavy atom. The summed E-state index contributed by atoms with van der Waals surface area (Å²) in [7, 11) is 1.34. The second kappa shape index (κ2) is 4.84. The highest BCUT2D eigenvalue weighted by Gasteiger charge is 2.40. The van der Waals surface area contributed by atoms with Crippen molar-refractivity contribution in [3.05, 3.63) is 17.8 Å². The molecule has 0 radical (unpaired) electrons. The Morgan fingerprint density at radius 3 is 2.89 bits per heavy atom. The number of hydrogen-bond acceptors (Lipinski definition) is 5. The number of nitrogens with zero attached hydrogens (tertiary/aromatic N) is 1. The summed E-state index contributed by atoms with van der Waals surface area (Å²) >= 11 is 0. The third-order valence-corrected chi connectivity index (χ3v) is 3.73. The minimum Gasteiger partial charge on any atom is -0.465 e. The normalized spacial score (nSPS) is 16.1. The van der Waals surface area contributed by atoms with E-state index in [1.54, 1.807) is 12.3 Å². The van der Waals surface area contributed by atoms with Gasteiger partial charge < -0.3 is 15.8 Å². The molecule has 1 aliphatic carbocycles. The monoisotopic (exact) mass is 249 g/mol. The summed E-state index contributed by atoms with van der Waals surface area (Å²) in [4.78, 5) is 15.7. The number of nitrogen functional groups attached to an aromatic ring is 1. The van der Waals surface area contributed by atoms with Crippen LogP contribution in [0.15, 0.2) is 12.3 Å². The van der Waals surface area contributed by atoms with Crippen molar-refractivity contribution in [2.75, 3.05) is 24.7 Å². The molecule has 0 bridgehead atoms. The molecule has 3 N–H and O–H groups in total. The number of nitrogens with two attached hydrogens (primary N) is 1. The summed E-state index contributed by atoms with van der Waals surface area (Å²) in [6, 6.07) is 1.57. The van der Waals surface area contributed by atoms with Gasteiger partial charge in [0.05, 0.1) is 18.4 Å². The summed E-state index contributed by atoms with van der Waals surface area (Å²) in [5.74, 6) is 0.132. The first kappa shape index (κ1) is 12.7. The lowest BCUT2D eigenvalue weighted by Crippen LogP contribution is -2.17. The van der Waals surface area contributed by atoms with Gasteiger partial charge in [0.25, 0.3) is 0 Å². The molecule has 5 nitrogen and oxygen atoms in total. The Bertz CT molecular complexity index is 456. The van der Waals surface area contributed by atoms with Crippen LogP contribution in [0, 0.1) is 5.41 Å². The Balaban J connectivity index is 2.11. The first-order valence-electron chi connectivity index (χ1n) is 6.18. The van der Waals surface area contributed by atoms with Crippen molar-refractivity contribution < 1.29 is 9.53 Å². The maximum Gasteiger partial charge on any atom is 0.340 e. The number of carbonyl (C=O) groups is 1. The van der Waals surface area contributed by atoms with Crippen molar-refractivity contribution in [1.29, 1.82) is 0 Å². The van der Waals surface area contributed by atoms with Crippen molar-refractivity contribution >= 4 is 17.5 Å². The van der Waals surface area contributed by atoms with E-state index in [2.05, 4.69) is 22.0 Å². The number of hydrogen-bond donors (Lipinski definition) is 2. The van der Waals surface area contributed by atoms with Gasteiger partial charge in [-0.05, 0) is 30.7 Å². The van der Waals surface area contributed by atoms with Crippen LogP contribution in [0.4, 0.5) is 11.5 Å². The van der Waals surface area contributed by atoms with Gasteiger partial charge in [0.2, 0.25) is 0 Å². The molecule has 18 heavy (non-hydrogen) atoms. The predicted molar refractivity (Wildman–Crippen MR) is 70.4 cm³/mol. The first-order chi connectivity index (χ1) is 8.62. The number of ether oxygens (including phenoxy) is 1. The summed E-state index contributed by atoms with van der Waals surface area (Å²) in [6.45, 7) is 3.04. The van der Waals surface area contributed by atoms with Crippen molar-refractivity contribution in [3.63, 3.8) is 0 Å². The zero-order valence-corrected chi connectivity index (χ0v) is 10.8. The van der Waals surface area contributed by atoms with E-state index >= 15 is 0 Å². The van der Waals surface area contributed by atoms with E-state index in [1.165, 1.54) is 20.0 Å². The average molecular weight is 249 g/mol. The minimum absolute atomic E-state index is 0.358. The van der Waals surface area contributed by atoms with Gasteiger partial charge in [0, 0.05) is 12.7 Å². The van der Waals surface area contributed by atoms with E-state index in [9.17, 15) is 4.79 Å². The van der Waals surface area contributed by atoms with E-state index < -0.39 is 5.97 Å². The lowest BCUT2D eigenvalue weighted by molar-refractivity contribution is 0.0602. The van der Waals surface area contributed by atoms with Crippen LogP contribution in [0.5, 0.6) is 0 Å². The van der Waals surface area contributed by atoms with Crippen LogP contribution in [0.2, 0.25) is 0 Å². The number of rotatable bonds is 5. The van der Waals surface area contributed by atoms with Crippen LogP contribution in [-0.2, 0) is 4.74 Å². The van der Waals surface area contributed by atoms with Crippen LogP contribution in [0.1, 0.15) is 36.5 Å². The van der Waals surface area contributed by atoms with Crippen molar-refractivity contribution in [2.45, 2.75) is 26.2 Å². The Kier molecular flexibility index (Phi) is 3.41. The molecule has 1 aliphatic rings. The van der Waals surface area contributed by atoms with Gasteiger partial charge in [-0.1, -0.05) is 6.92 Å². The van der Waals surface area contributed by atoms with Gasteiger partial charge in [0.15, 0.2) is 0 Å². The zero-order chi connectivity index (χ0) is 13.2. The summed E-state index contributed by atoms with van der Waals surface area (Å²) in [5.41, 5.74) is 7.04. The molecule has 1 heterocycles. The van der Waals surface area contributed by atoms with Gasteiger partial charge in [0.1, 0.15) is 5.82 Å². The van der Waals surface area contributed by atoms with Gasteiger partial charge in [-0.15, -0.1) is 0 Å². The average Bonchev–Trinajstić information content (AvgIpc) is 3.17. The number of anilines is 2. The van der Waals surface area contributed by atoms with Crippen LogP contribution in [0.25, 0.3) is 0 Å². The third-order valence-electron chi connectivity index (χ3n) is 3.73. The lowest BCUT2D eigenvalue weighted by Gasteiger charge is -2.15. The van der Waals surface area contributed by atoms with Crippen LogP contribution in [0.3, 0.4) is 0 Å². The highest BCUT2D eigenvalue weighted by atomic mass is 16.5. The van der Waals surface area contributed by atoms with Gasteiger partial charge in [-0.2, -0.15) is 0 Å². The molecule has 0 saturated heterocycles. The molecule has 0 amide bonds. The fourth-order valence-corrected chi connectivity index (χ4v) is 2.01. The SMILES string of the molecule is CCC1(CNc2nccc(C(=O)OC)c2N)CC1. The third kappa shape index (κ3) is 2.39. The zero-order valence-electron chi connectivity index (χ0n) is 10.8. The van der Waals surface area contributed by atoms with Gasteiger partial charge >= 0.3 is 5.97 Å². The molecule has 5 heteroatoms. The van der Waals surface area contributed by atoms with Gasteiger partial charge in [-0.3, -0.25) is 0 Å². The summed E-state index contributed by atoms with van der Waals surface area (Å²) < 4.78 is 4.68. The van der Waals surface area contributed by atoms with Crippen molar-refractivity contribution in [3.8, 4) is 0 Å². The molecule has 1 fully saturated rings. The highest BCUT2D eigenvalue weighted by molar-refractivity contribution is 5.97. The summed E-state index contributed by atoms with van der Waals surface area (Å²) in [6.07, 6.45) is 5.20. The standard InChI is InChI=1S/C13H19N3O2/c1-3-13(5-6-13)8-16-11-10(14)9(4-7-15-11)12(17)18-2/h4,7H,3,5-6,8,14H2,1-2H3,(H,15,16). The van der Waals surface area contributed by atoms with Crippen molar-refractivity contribution in [2.24, 2.45) is 5.41 Å². The van der Waals surface area contributed by atoms with E-state index in [4.69, 9.17) is 5.73 Å². The highest BCUT2D eigenvalue weighted by Crippen LogP contribution is 2.48. The molecule has 0 aliphatic heterocycles. The topological polar surface area (TPSA) is 77.2 Å². The maximum atomic E-state index is 11.5. The van der Waals surface area contributed by atoms with E-state index in [0.29, 0.717) is 22.5 Å². The predicted octanol–water partition coefficient (Wildman–Crippen LogP) is 2.05. The Hall–Kier alpha value is -1.78. The molecule has 1 saturated carbocycles. The van der Waals surface area contributed by atoms with Crippen LogP contribution >= 0.6 is 0 Å². The molecule has 1 aromatic rings. The second-order valence-electron chi connectivity index (χ2n) is 4.82. The number of methoxy groups -OCH3 is 1. The number of aromatic nitrogens is 1. The van der Waals surface area contributed by atoms with Crippen molar-refractivity contribution in [1.82, 2.24) is 4.98 Å². The largest absolute Gasteiger partial charge is 0.465 e.